The molecule has 0 saturated carbocycles. The molecule has 1 rings (SSSR count). The van der Waals surface area contributed by atoms with Crippen molar-refractivity contribution >= 4 is 21.6 Å². The third kappa shape index (κ3) is 2.91. The lowest BCUT2D eigenvalue weighted by atomic mass is 10.3. The second-order valence-electron chi connectivity index (χ2n) is 2.44. The van der Waals surface area contributed by atoms with Crippen molar-refractivity contribution in [1.82, 2.24) is 5.32 Å². The van der Waals surface area contributed by atoms with E-state index in [2.05, 4.69) is 21.2 Å². The van der Waals surface area contributed by atoms with E-state index < -0.39 is 0 Å². The maximum atomic E-state index is 8.62. The molecule has 0 bridgehead atoms. The molecular formula is C9H9BrN2O2. The summed E-state index contributed by atoms with van der Waals surface area (Å²) in [6.45, 7) is 0.385. The lowest BCUT2D eigenvalue weighted by molar-refractivity contribution is 0.299. The average Bonchev–Trinajstić information content (AvgIpc) is 2.59. The first-order chi connectivity index (χ1) is 6.77. The van der Waals surface area contributed by atoms with Crippen molar-refractivity contribution in [1.29, 1.82) is 5.26 Å². The van der Waals surface area contributed by atoms with Gasteiger partial charge in [-0.15, -0.1) is 0 Å². The minimum Gasteiger partial charge on any atom is -0.448 e. The van der Waals surface area contributed by atoms with E-state index in [-0.39, 0.29) is 6.61 Å². The zero-order chi connectivity index (χ0) is 10.4. The van der Waals surface area contributed by atoms with Crippen molar-refractivity contribution in [2.24, 2.45) is 0 Å². The highest BCUT2D eigenvalue weighted by Gasteiger charge is 2.05. The summed E-state index contributed by atoms with van der Waals surface area (Å²) in [5.74, 6) is 0.562. The molecule has 0 radical (unpaired) electrons. The monoisotopic (exact) mass is 256 g/mol. The number of hydrogen-bond donors (Lipinski definition) is 2. The number of furan rings is 1. The molecule has 0 aliphatic heterocycles. The fourth-order valence-corrected chi connectivity index (χ4v) is 1.23. The summed E-state index contributed by atoms with van der Waals surface area (Å²) in [4.78, 5) is 0. The molecule has 4 nitrogen and oxygen atoms in total. The van der Waals surface area contributed by atoms with E-state index in [9.17, 15) is 0 Å². The molecule has 0 atom stereocenters. The molecule has 1 aromatic heterocycles. The summed E-state index contributed by atoms with van der Waals surface area (Å²) in [6, 6.07) is 5.37. The first kappa shape index (κ1) is 10.8. The zero-order valence-electron chi connectivity index (χ0n) is 7.33. The van der Waals surface area contributed by atoms with Gasteiger partial charge in [0.05, 0.1) is 18.4 Å². The molecule has 0 aromatic carbocycles. The SMILES string of the molecule is N#C/C=C(\NCCO)c1ccc(Br)o1. The van der Waals surface area contributed by atoms with Crippen LogP contribution < -0.4 is 5.32 Å². The van der Waals surface area contributed by atoms with Crippen molar-refractivity contribution < 1.29 is 9.52 Å². The molecule has 1 aromatic rings. The molecule has 1 heterocycles. The van der Waals surface area contributed by atoms with Gasteiger partial charge in [-0.2, -0.15) is 5.26 Å². The van der Waals surface area contributed by atoms with Gasteiger partial charge in [-0.3, -0.25) is 0 Å². The summed E-state index contributed by atoms with van der Waals surface area (Å²) in [6.07, 6.45) is 1.33. The van der Waals surface area contributed by atoms with Gasteiger partial charge in [0.15, 0.2) is 10.4 Å². The van der Waals surface area contributed by atoms with Crippen LogP contribution in [0.25, 0.3) is 5.70 Å². The van der Waals surface area contributed by atoms with Gasteiger partial charge in [0.1, 0.15) is 0 Å². The van der Waals surface area contributed by atoms with E-state index in [4.69, 9.17) is 14.8 Å². The molecule has 0 unspecified atom stereocenters. The number of hydrogen-bond acceptors (Lipinski definition) is 4. The topological polar surface area (TPSA) is 69.2 Å². The summed E-state index contributed by atoms with van der Waals surface area (Å²) in [5.41, 5.74) is 0.562. The zero-order valence-corrected chi connectivity index (χ0v) is 8.91. The van der Waals surface area contributed by atoms with E-state index in [0.717, 1.165) is 0 Å². The van der Waals surface area contributed by atoms with Crippen LogP contribution in [0.1, 0.15) is 5.76 Å². The molecule has 0 aliphatic rings. The third-order valence-corrected chi connectivity index (χ3v) is 1.90. The first-order valence-electron chi connectivity index (χ1n) is 3.98. The number of rotatable bonds is 4. The van der Waals surface area contributed by atoms with Gasteiger partial charge in [-0.25, -0.2) is 0 Å². The first-order valence-corrected chi connectivity index (χ1v) is 4.77. The largest absolute Gasteiger partial charge is 0.448 e. The molecule has 74 valence electrons. The fraction of sp³-hybridized carbons (Fsp3) is 0.222. The molecular weight excluding hydrogens is 248 g/mol. The minimum atomic E-state index is 0.00461. The number of aliphatic hydroxyl groups excluding tert-OH is 1. The highest BCUT2D eigenvalue weighted by molar-refractivity contribution is 9.10. The summed E-state index contributed by atoms with van der Waals surface area (Å²) < 4.78 is 5.85. The van der Waals surface area contributed by atoms with Crippen LogP contribution in [0.5, 0.6) is 0 Å². The predicted octanol–water partition coefficient (Wildman–Crippen LogP) is 1.49. The van der Waals surface area contributed by atoms with Crippen LogP contribution in [0.4, 0.5) is 0 Å². The van der Waals surface area contributed by atoms with E-state index in [1.54, 1.807) is 12.1 Å². The van der Waals surface area contributed by atoms with Gasteiger partial charge in [0.25, 0.3) is 0 Å². The Balaban J connectivity index is 2.79. The Morgan fingerprint density at radius 2 is 2.50 bits per heavy atom. The second-order valence-corrected chi connectivity index (χ2v) is 3.22. The third-order valence-electron chi connectivity index (χ3n) is 1.47. The highest BCUT2D eigenvalue weighted by atomic mass is 79.9. The molecule has 2 N–H and O–H groups in total. The number of nitriles is 1. The van der Waals surface area contributed by atoms with Crippen molar-refractivity contribution in [3.05, 3.63) is 28.6 Å². The van der Waals surface area contributed by atoms with Gasteiger partial charge in [-0.05, 0) is 28.1 Å². The number of aliphatic hydroxyl groups is 1. The number of nitrogens with one attached hydrogen (secondary N) is 1. The normalized spacial score (nSPS) is 11.1. The van der Waals surface area contributed by atoms with Crippen LogP contribution in [0.2, 0.25) is 0 Å². The van der Waals surface area contributed by atoms with E-state index in [1.165, 1.54) is 6.08 Å². The van der Waals surface area contributed by atoms with Crippen molar-refractivity contribution in [2.45, 2.75) is 0 Å². The molecule has 5 heteroatoms. The molecule has 14 heavy (non-hydrogen) atoms. The number of allylic oxidation sites excluding steroid dienone is 1. The Morgan fingerprint density at radius 1 is 1.71 bits per heavy atom. The molecule has 0 saturated heterocycles. The van der Waals surface area contributed by atoms with E-state index in [1.807, 2.05) is 6.07 Å². The fourth-order valence-electron chi connectivity index (χ4n) is 0.923. The van der Waals surface area contributed by atoms with Gasteiger partial charge < -0.3 is 14.8 Å². The summed E-state index contributed by atoms with van der Waals surface area (Å²) >= 11 is 3.17. The minimum absolute atomic E-state index is 0.00461. The van der Waals surface area contributed by atoms with Crippen molar-refractivity contribution in [3.8, 4) is 6.07 Å². The van der Waals surface area contributed by atoms with Gasteiger partial charge >= 0.3 is 0 Å². The van der Waals surface area contributed by atoms with E-state index >= 15 is 0 Å². The van der Waals surface area contributed by atoms with Crippen LogP contribution >= 0.6 is 15.9 Å². The second kappa shape index (κ2) is 5.47. The molecule has 0 aliphatic carbocycles. The Hall–Kier alpha value is -1.25. The summed E-state index contributed by atoms with van der Waals surface area (Å²) in [7, 11) is 0. The lowest BCUT2D eigenvalue weighted by Gasteiger charge is -2.04. The molecule has 0 spiro atoms. The Bertz CT molecular complexity index is 365. The van der Waals surface area contributed by atoms with Gasteiger partial charge in [-0.1, -0.05) is 0 Å². The van der Waals surface area contributed by atoms with Crippen LogP contribution in [-0.4, -0.2) is 18.3 Å². The molecule has 0 fully saturated rings. The smallest absolute Gasteiger partial charge is 0.169 e. The van der Waals surface area contributed by atoms with Gasteiger partial charge in [0, 0.05) is 12.6 Å². The maximum Gasteiger partial charge on any atom is 0.169 e. The summed E-state index contributed by atoms with van der Waals surface area (Å²) in [5, 5.41) is 20.0. The van der Waals surface area contributed by atoms with E-state index in [0.29, 0.717) is 22.7 Å². The predicted molar refractivity (Wildman–Crippen MR) is 55.1 cm³/mol. The van der Waals surface area contributed by atoms with Crippen LogP contribution in [0.15, 0.2) is 27.3 Å². The van der Waals surface area contributed by atoms with Crippen molar-refractivity contribution in [2.75, 3.05) is 13.2 Å². The molecule has 0 amide bonds. The quantitative estimate of drug-likeness (QED) is 0.802. The lowest BCUT2D eigenvalue weighted by Crippen LogP contribution is -2.16. The average molecular weight is 257 g/mol. The van der Waals surface area contributed by atoms with Crippen molar-refractivity contribution in [3.63, 3.8) is 0 Å². The standard InChI is InChI=1S/C9H9BrN2O2/c10-9-2-1-8(14-9)7(3-4-11)12-5-6-13/h1-3,12-13H,5-6H2/b7-3-. The number of nitrogens with zero attached hydrogens (tertiary/aromatic N) is 1. The van der Waals surface area contributed by atoms with Crippen LogP contribution in [-0.2, 0) is 0 Å². The Morgan fingerprint density at radius 3 is 3.00 bits per heavy atom. The Labute approximate surface area is 90.0 Å². The number of halogens is 1. The van der Waals surface area contributed by atoms with Crippen LogP contribution in [0.3, 0.4) is 0 Å². The van der Waals surface area contributed by atoms with Crippen LogP contribution in [0, 0.1) is 11.3 Å². The van der Waals surface area contributed by atoms with Gasteiger partial charge in [0.2, 0.25) is 0 Å². The maximum absolute atomic E-state index is 8.62. The highest BCUT2D eigenvalue weighted by Crippen LogP contribution is 2.19. The Kier molecular flexibility index (Phi) is 4.23.